The van der Waals surface area contributed by atoms with Gasteiger partial charge in [0.1, 0.15) is 5.82 Å². The van der Waals surface area contributed by atoms with E-state index >= 15 is 0 Å². The Labute approximate surface area is 113 Å². The van der Waals surface area contributed by atoms with Crippen molar-refractivity contribution in [3.8, 4) is 0 Å². The molecule has 1 aromatic carbocycles. The lowest BCUT2D eigenvalue weighted by Gasteiger charge is -2.33. The number of benzene rings is 1. The van der Waals surface area contributed by atoms with Crippen molar-refractivity contribution in [2.45, 2.75) is 12.6 Å². The maximum Gasteiger partial charge on any atom is 0.404 e. The molecule has 0 saturated carbocycles. The largest absolute Gasteiger partial charge is 0.404 e. The van der Waals surface area contributed by atoms with E-state index in [0.29, 0.717) is 0 Å². The number of anilines is 1. The lowest BCUT2D eigenvalue weighted by molar-refractivity contribution is -0.214. The van der Waals surface area contributed by atoms with Crippen LogP contribution in [0.25, 0.3) is 0 Å². The fourth-order valence-electron chi connectivity index (χ4n) is 2.39. The molecule has 3 nitrogen and oxygen atoms in total. The molecule has 0 aromatic heterocycles. The number of nitrogens with zero attached hydrogens (tertiary/aromatic N) is 1. The van der Waals surface area contributed by atoms with Crippen LogP contribution in [0.15, 0.2) is 24.3 Å². The number of para-hydroxylation sites is 1. The average molecular weight is 290 g/mol. The minimum atomic E-state index is -4.67. The standard InChI is InChI=1S/C13H14F4N2O/c1-19(10-5-3-2-4-9(10)14)11(20)12(13(15,16)17)6-7-18-8-12/h2-5,18H,6-8H2,1H3. The Morgan fingerprint density at radius 2 is 2.00 bits per heavy atom. The number of hydrogen-bond acceptors (Lipinski definition) is 2. The van der Waals surface area contributed by atoms with Gasteiger partial charge in [0.05, 0.1) is 5.69 Å². The normalized spacial score (nSPS) is 22.9. The fraction of sp³-hybridized carbons (Fsp3) is 0.462. The number of rotatable bonds is 2. The van der Waals surface area contributed by atoms with E-state index < -0.39 is 29.9 Å². The number of halogens is 4. The summed E-state index contributed by atoms with van der Waals surface area (Å²) < 4.78 is 53.4. The van der Waals surface area contributed by atoms with E-state index in [9.17, 15) is 22.4 Å². The zero-order valence-electron chi connectivity index (χ0n) is 10.8. The van der Waals surface area contributed by atoms with Crippen LogP contribution in [-0.2, 0) is 4.79 Å². The minimum Gasteiger partial charge on any atom is -0.315 e. The van der Waals surface area contributed by atoms with Gasteiger partial charge in [-0.3, -0.25) is 4.79 Å². The van der Waals surface area contributed by atoms with Crippen LogP contribution >= 0.6 is 0 Å². The van der Waals surface area contributed by atoms with E-state index in [2.05, 4.69) is 5.32 Å². The van der Waals surface area contributed by atoms with Crippen molar-refractivity contribution < 1.29 is 22.4 Å². The van der Waals surface area contributed by atoms with E-state index in [-0.39, 0.29) is 18.7 Å². The van der Waals surface area contributed by atoms with Crippen LogP contribution in [-0.4, -0.2) is 32.2 Å². The number of alkyl halides is 3. The highest BCUT2D eigenvalue weighted by Crippen LogP contribution is 2.44. The second-order valence-electron chi connectivity index (χ2n) is 4.82. The van der Waals surface area contributed by atoms with Gasteiger partial charge in [-0.15, -0.1) is 0 Å². The molecule has 1 atom stereocenters. The molecule has 1 N–H and O–H groups in total. The van der Waals surface area contributed by atoms with Crippen LogP contribution < -0.4 is 10.2 Å². The van der Waals surface area contributed by atoms with Crippen molar-refractivity contribution in [3.63, 3.8) is 0 Å². The van der Waals surface area contributed by atoms with Crippen LogP contribution in [0.1, 0.15) is 6.42 Å². The molecule has 1 unspecified atom stereocenters. The quantitative estimate of drug-likeness (QED) is 0.848. The summed E-state index contributed by atoms with van der Waals surface area (Å²) in [6.07, 6.45) is -5.01. The Morgan fingerprint density at radius 3 is 2.50 bits per heavy atom. The molecule has 1 heterocycles. The second-order valence-corrected chi connectivity index (χ2v) is 4.82. The summed E-state index contributed by atoms with van der Waals surface area (Å²) in [4.78, 5) is 13.0. The zero-order chi connectivity index (χ0) is 15.0. The monoisotopic (exact) mass is 290 g/mol. The molecule has 0 radical (unpaired) electrons. The molecule has 1 aliphatic heterocycles. The van der Waals surface area contributed by atoms with Crippen molar-refractivity contribution in [2.75, 3.05) is 25.0 Å². The van der Waals surface area contributed by atoms with Gasteiger partial charge >= 0.3 is 6.18 Å². The summed E-state index contributed by atoms with van der Waals surface area (Å²) >= 11 is 0. The molecule has 7 heteroatoms. The SMILES string of the molecule is CN(C(=O)C1(C(F)(F)F)CCNC1)c1ccccc1F. The van der Waals surface area contributed by atoms with E-state index in [1.54, 1.807) is 0 Å². The van der Waals surface area contributed by atoms with Gasteiger partial charge in [-0.2, -0.15) is 13.2 Å². The summed E-state index contributed by atoms with van der Waals surface area (Å²) in [6, 6.07) is 5.26. The van der Waals surface area contributed by atoms with Crippen LogP contribution in [0, 0.1) is 11.2 Å². The van der Waals surface area contributed by atoms with Crippen molar-refractivity contribution >= 4 is 11.6 Å². The third kappa shape index (κ3) is 2.26. The average Bonchev–Trinajstić information content (AvgIpc) is 2.87. The molecule has 1 fully saturated rings. The van der Waals surface area contributed by atoms with Crippen molar-refractivity contribution in [1.29, 1.82) is 0 Å². The van der Waals surface area contributed by atoms with Gasteiger partial charge < -0.3 is 10.2 Å². The van der Waals surface area contributed by atoms with Crippen LogP contribution in [0.2, 0.25) is 0 Å². The number of carbonyl (C=O) groups excluding carboxylic acids is 1. The highest BCUT2D eigenvalue weighted by atomic mass is 19.4. The lowest BCUT2D eigenvalue weighted by atomic mass is 9.84. The number of hydrogen-bond donors (Lipinski definition) is 1. The van der Waals surface area contributed by atoms with Gasteiger partial charge in [0.15, 0.2) is 5.41 Å². The van der Waals surface area contributed by atoms with E-state index in [1.165, 1.54) is 18.2 Å². The zero-order valence-corrected chi connectivity index (χ0v) is 10.8. The molecular formula is C13H14F4N2O. The summed E-state index contributed by atoms with van der Waals surface area (Å²) in [5.41, 5.74) is -2.64. The predicted molar refractivity (Wildman–Crippen MR) is 65.8 cm³/mol. The van der Waals surface area contributed by atoms with Gasteiger partial charge in [-0.25, -0.2) is 4.39 Å². The molecule has 0 spiro atoms. The Balaban J connectivity index is 2.37. The Hall–Kier alpha value is -1.63. The molecule has 0 aliphatic carbocycles. The molecule has 110 valence electrons. The predicted octanol–water partition coefficient (Wildman–Crippen LogP) is 2.33. The van der Waals surface area contributed by atoms with Gasteiger partial charge in [-0.05, 0) is 25.1 Å². The number of nitrogens with one attached hydrogen (secondary N) is 1. The fourth-order valence-corrected chi connectivity index (χ4v) is 2.39. The third-order valence-corrected chi connectivity index (χ3v) is 3.63. The first kappa shape index (κ1) is 14.8. The maximum absolute atomic E-state index is 13.6. The summed E-state index contributed by atoms with van der Waals surface area (Å²) in [5.74, 6) is -1.87. The van der Waals surface area contributed by atoms with E-state index in [4.69, 9.17) is 0 Å². The summed E-state index contributed by atoms with van der Waals surface area (Å²) in [5, 5.41) is 2.56. The third-order valence-electron chi connectivity index (χ3n) is 3.63. The summed E-state index contributed by atoms with van der Waals surface area (Å²) in [7, 11) is 1.16. The molecule has 0 bridgehead atoms. The van der Waals surface area contributed by atoms with Crippen molar-refractivity contribution in [3.05, 3.63) is 30.1 Å². The molecule has 1 aromatic rings. The molecule has 1 aliphatic rings. The highest BCUT2D eigenvalue weighted by Gasteiger charge is 2.62. The lowest BCUT2D eigenvalue weighted by Crippen LogP contribution is -2.53. The van der Waals surface area contributed by atoms with E-state index in [0.717, 1.165) is 18.0 Å². The van der Waals surface area contributed by atoms with Gasteiger partial charge in [0.2, 0.25) is 5.91 Å². The first-order valence-corrected chi connectivity index (χ1v) is 6.10. The Kier molecular flexibility index (Phi) is 3.73. The van der Waals surface area contributed by atoms with Crippen LogP contribution in [0.4, 0.5) is 23.2 Å². The van der Waals surface area contributed by atoms with Gasteiger partial charge in [0, 0.05) is 13.6 Å². The first-order chi connectivity index (χ1) is 9.29. The van der Waals surface area contributed by atoms with Gasteiger partial charge in [-0.1, -0.05) is 12.1 Å². The number of carbonyl (C=O) groups is 1. The second kappa shape index (κ2) is 5.05. The Morgan fingerprint density at radius 1 is 1.35 bits per heavy atom. The van der Waals surface area contributed by atoms with E-state index in [1.807, 2.05) is 0 Å². The van der Waals surface area contributed by atoms with Crippen molar-refractivity contribution in [1.82, 2.24) is 5.32 Å². The molecule has 1 saturated heterocycles. The minimum absolute atomic E-state index is 0.108. The Bertz CT molecular complexity index is 509. The van der Waals surface area contributed by atoms with Crippen molar-refractivity contribution in [2.24, 2.45) is 5.41 Å². The summed E-state index contributed by atoms with van der Waals surface area (Å²) in [6.45, 7) is -0.371. The highest BCUT2D eigenvalue weighted by molar-refractivity contribution is 5.98. The smallest absolute Gasteiger partial charge is 0.315 e. The topological polar surface area (TPSA) is 32.3 Å². The van der Waals surface area contributed by atoms with Gasteiger partial charge in [0.25, 0.3) is 0 Å². The molecular weight excluding hydrogens is 276 g/mol. The molecule has 20 heavy (non-hydrogen) atoms. The van der Waals surface area contributed by atoms with Crippen LogP contribution in [0.5, 0.6) is 0 Å². The maximum atomic E-state index is 13.6. The molecule has 1 amide bonds. The van der Waals surface area contributed by atoms with Crippen LogP contribution in [0.3, 0.4) is 0 Å². The first-order valence-electron chi connectivity index (χ1n) is 6.10. The molecule has 2 rings (SSSR count). The number of amides is 1.